The van der Waals surface area contributed by atoms with Crippen molar-refractivity contribution in [3.8, 4) is 0 Å². The van der Waals surface area contributed by atoms with Gasteiger partial charge in [-0.2, -0.15) is 0 Å². The summed E-state index contributed by atoms with van der Waals surface area (Å²) in [4.78, 5) is 19.7. The molecule has 0 spiro atoms. The maximum atomic E-state index is 12.3. The standard InChI is InChI=1S/C20H21ClN2O2/c1-2-20(24)23(13-15-7-6-10-17(21)11-15)14-18-12-19(22-25-18)16-8-4-3-5-9-16/h3-11,18H,2,12-14H2,1H3. The minimum Gasteiger partial charge on any atom is -0.390 e. The van der Waals surface area contributed by atoms with E-state index < -0.39 is 0 Å². The number of carbonyl (C=O) groups is 1. The van der Waals surface area contributed by atoms with Gasteiger partial charge in [0.15, 0.2) is 6.10 Å². The summed E-state index contributed by atoms with van der Waals surface area (Å²) in [5.41, 5.74) is 3.00. The molecule has 2 aromatic carbocycles. The van der Waals surface area contributed by atoms with E-state index in [4.69, 9.17) is 16.4 Å². The topological polar surface area (TPSA) is 41.9 Å². The summed E-state index contributed by atoms with van der Waals surface area (Å²) in [6.07, 6.45) is 1.04. The van der Waals surface area contributed by atoms with E-state index in [1.54, 1.807) is 0 Å². The lowest BCUT2D eigenvalue weighted by molar-refractivity contribution is -0.133. The third kappa shape index (κ3) is 4.60. The predicted octanol–water partition coefficient (Wildman–Crippen LogP) is 4.27. The first kappa shape index (κ1) is 17.5. The molecule has 0 radical (unpaired) electrons. The average molecular weight is 357 g/mol. The van der Waals surface area contributed by atoms with Gasteiger partial charge >= 0.3 is 0 Å². The molecule has 0 saturated heterocycles. The first-order chi connectivity index (χ1) is 12.2. The van der Waals surface area contributed by atoms with Gasteiger partial charge < -0.3 is 9.74 Å². The highest BCUT2D eigenvalue weighted by Crippen LogP contribution is 2.19. The molecule has 130 valence electrons. The van der Waals surface area contributed by atoms with Crippen molar-refractivity contribution in [2.24, 2.45) is 5.16 Å². The fourth-order valence-electron chi connectivity index (χ4n) is 2.91. The lowest BCUT2D eigenvalue weighted by Gasteiger charge is -2.24. The van der Waals surface area contributed by atoms with Crippen LogP contribution in [0.5, 0.6) is 0 Å². The summed E-state index contributed by atoms with van der Waals surface area (Å²) < 4.78 is 0. The zero-order valence-electron chi connectivity index (χ0n) is 14.2. The van der Waals surface area contributed by atoms with Crippen LogP contribution in [-0.2, 0) is 16.2 Å². The number of amides is 1. The molecule has 0 aromatic heterocycles. The number of rotatable bonds is 6. The number of carbonyl (C=O) groups excluding carboxylic acids is 1. The van der Waals surface area contributed by atoms with E-state index in [2.05, 4.69) is 5.16 Å². The largest absolute Gasteiger partial charge is 0.390 e. The summed E-state index contributed by atoms with van der Waals surface area (Å²) in [6, 6.07) is 17.6. The summed E-state index contributed by atoms with van der Waals surface area (Å²) in [6.45, 7) is 2.90. The Labute approximate surface area is 153 Å². The molecule has 4 nitrogen and oxygen atoms in total. The van der Waals surface area contributed by atoms with Gasteiger partial charge in [-0.3, -0.25) is 4.79 Å². The summed E-state index contributed by atoms with van der Waals surface area (Å²) in [5.74, 6) is 0.0942. The normalized spacial score (nSPS) is 16.2. The molecule has 0 aliphatic carbocycles. The molecule has 25 heavy (non-hydrogen) atoms. The molecule has 0 bridgehead atoms. The highest BCUT2D eigenvalue weighted by molar-refractivity contribution is 6.30. The third-order valence-electron chi connectivity index (χ3n) is 4.18. The van der Waals surface area contributed by atoms with Gasteiger partial charge in [-0.05, 0) is 23.3 Å². The SMILES string of the molecule is CCC(=O)N(Cc1cccc(Cl)c1)CC1CC(c2ccccc2)=NO1. The van der Waals surface area contributed by atoms with Crippen LogP contribution in [-0.4, -0.2) is 29.2 Å². The number of nitrogens with zero attached hydrogens (tertiary/aromatic N) is 2. The summed E-state index contributed by atoms with van der Waals surface area (Å²) in [5, 5.41) is 4.88. The number of halogens is 1. The zero-order chi connectivity index (χ0) is 17.6. The van der Waals surface area contributed by atoms with Crippen molar-refractivity contribution in [1.29, 1.82) is 0 Å². The second-order valence-electron chi connectivity index (χ2n) is 6.09. The van der Waals surface area contributed by atoms with Crippen LogP contribution in [0.3, 0.4) is 0 Å². The van der Waals surface area contributed by atoms with Crippen molar-refractivity contribution in [2.45, 2.75) is 32.4 Å². The molecule has 5 heteroatoms. The van der Waals surface area contributed by atoms with Crippen LogP contribution < -0.4 is 0 Å². The Hall–Kier alpha value is -2.33. The highest BCUT2D eigenvalue weighted by Gasteiger charge is 2.26. The molecule has 3 rings (SSSR count). The van der Waals surface area contributed by atoms with Crippen LogP contribution in [0, 0.1) is 0 Å². The van der Waals surface area contributed by atoms with E-state index in [1.165, 1.54) is 0 Å². The van der Waals surface area contributed by atoms with Gasteiger partial charge in [-0.25, -0.2) is 0 Å². The lowest BCUT2D eigenvalue weighted by atomic mass is 10.0. The maximum absolute atomic E-state index is 12.3. The molecular weight excluding hydrogens is 336 g/mol. The predicted molar refractivity (Wildman–Crippen MR) is 99.6 cm³/mol. The van der Waals surface area contributed by atoms with Crippen LogP contribution in [0.4, 0.5) is 0 Å². The molecule has 0 N–H and O–H groups in total. The van der Waals surface area contributed by atoms with E-state index in [0.717, 1.165) is 16.8 Å². The first-order valence-electron chi connectivity index (χ1n) is 8.46. The Morgan fingerprint density at radius 2 is 2.04 bits per heavy atom. The fraction of sp³-hybridized carbons (Fsp3) is 0.300. The molecular formula is C20H21ClN2O2. The van der Waals surface area contributed by atoms with E-state index in [1.807, 2.05) is 66.4 Å². The Kier molecular flexibility index (Phi) is 5.71. The molecule has 0 saturated carbocycles. The number of hydrogen-bond acceptors (Lipinski definition) is 3. The Balaban J connectivity index is 1.65. The van der Waals surface area contributed by atoms with Crippen LogP contribution in [0.25, 0.3) is 0 Å². The van der Waals surface area contributed by atoms with Crippen LogP contribution in [0.15, 0.2) is 59.8 Å². The third-order valence-corrected chi connectivity index (χ3v) is 4.42. The number of benzene rings is 2. The van der Waals surface area contributed by atoms with Crippen molar-refractivity contribution in [2.75, 3.05) is 6.54 Å². The van der Waals surface area contributed by atoms with E-state index in [-0.39, 0.29) is 12.0 Å². The van der Waals surface area contributed by atoms with Crippen LogP contribution >= 0.6 is 11.6 Å². The van der Waals surface area contributed by atoms with Crippen molar-refractivity contribution in [3.05, 3.63) is 70.7 Å². The highest BCUT2D eigenvalue weighted by atomic mass is 35.5. The fourth-order valence-corrected chi connectivity index (χ4v) is 3.12. The van der Waals surface area contributed by atoms with Gasteiger partial charge in [-0.1, -0.05) is 66.1 Å². The molecule has 2 aromatic rings. The van der Waals surface area contributed by atoms with Crippen molar-refractivity contribution >= 4 is 23.2 Å². The Bertz CT molecular complexity index is 761. The smallest absolute Gasteiger partial charge is 0.222 e. The molecule has 0 fully saturated rings. The van der Waals surface area contributed by atoms with Gasteiger partial charge in [0.05, 0.1) is 12.3 Å². The van der Waals surface area contributed by atoms with E-state index >= 15 is 0 Å². The van der Waals surface area contributed by atoms with Crippen molar-refractivity contribution in [3.63, 3.8) is 0 Å². The second-order valence-corrected chi connectivity index (χ2v) is 6.53. The molecule has 1 heterocycles. The van der Waals surface area contributed by atoms with Gasteiger partial charge in [-0.15, -0.1) is 0 Å². The number of hydrogen-bond donors (Lipinski definition) is 0. The molecule has 1 atom stereocenters. The van der Waals surface area contributed by atoms with E-state index in [0.29, 0.717) is 31.0 Å². The first-order valence-corrected chi connectivity index (χ1v) is 8.84. The monoisotopic (exact) mass is 356 g/mol. The maximum Gasteiger partial charge on any atom is 0.222 e. The quantitative estimate of drug-likeness (QED) is 0.775. The Morgan fingerprint density at radius 3 is 2.76 bits per heavy atom. The van der Waals surface area contributed by atoms with Crippen molar-refractivity contribution in [1.82, 2.24) is 4.90 Å². The zero-order valence-corrected chi connectivity index (χ0v) is 14.9. The minimum atomic E-state index is -0.120. The summed E-state index contributed by atoms with van der Waals surface area (Å²) >= 11 is 6.05. The van der Waals surface area contributed by atoms with Crippen LogP contribution in [0.2, 0.25) is 5.02 Å². The molecule has 1 aliphatic heterocycles. The van der Waals surface area contributed by atoms with Gasteiger partial charge in [0, 0.05) is 24.4 Å². The second kappa shape index (κ2) is 8.17. The van der Waals surface area contributed by atoms with Gasteiger partial charge in [0.1, 0.15) is 0 Å². The molecule has 1 unspecified atom stereocenters. The van der Waals surface area contributed by atoms with Crippen LogP contribution in [0.1, 0.15) is 30.9 Å². The Morgan fingerprint density at radius 1 is 1.24 bits per heavy atom. The molecule has 1 amide bonds. The lowest BCUT2D eigenvalue weighted by Crippen LogP contribution is -2.36. The van der Waals surface area contributed by atoms with Gasteiger partial charge in [0.2, 0.25) is 5.91 Å². The summed E-state index contributed by atoms with van der Waals surface area (Å²) in [7, 11) is 0. The van der Waals surface area contributed by atoms with Gasteiger partial charge in [0.25, 0.3) is 0 Å². The number of oxime groups is 1. The minimum absolute atomic E-state index is 0.0942. The average Bonchev–Trinajstić information content (AvgIpc) is 3.10. The molecule has 1 aliphatic rings. The van der Waals surface area contributed by atoms with E-state index in [9.17, 15) is 4.79 Å². The van der Waals surface area contributed by atoms with Crippen molar-refractivity contribution < 1.29 is 9.63 Å².